The van der Waals surface area contributed by atoms with Crippen LogP contribution in [0.4, 0.5) is 8.78 Å². The van der Waals surface area contributed by atoms with E-state index in [2.05, 4.69) is 5.32 Å². The molecular formula is C13H12ClF2NS. The minimum atomic E-state index is -0.835. The Balaban J connectivity index is 2.37. The van der Waals surface area contributed by atoms with Crippen LogP contribution >= 0.6 is 22.9 Å². The molecule has 0 bridgehead atoms. The Labute approximate surface area is 113 Å². The van der Waals surface area contributed by atoms with E-state index in [4.69, 9.17) is 11.6 Å². The van der Waals surface area contributed by atoms with Crippen molar-refractivity contribution >= 4 is 22.9 Å². The van der Waals surface area contributed by atoms with Gasteiger partial charge in [-0.2, -0.15) is 0 Å². The molecule has 2 rings (SSSR count). The molecule has 0 spiro atoms. The second kappa shape index (κ2) is 5.78. The topological polar surface area (TPSA) is 12.0 Å². The molecule has 1 heterocycles. The largest absolute Gasteiger partial charge is 0.306 e. The molecule has 96 valence electrons. The highest BCUT2D eigenvalue weighted by Gasteiger charge is 2.16. The zero-order valence-corrected chi connectivity index (χ0v) is 11.3. The molecule has 0 aliphatic rings. The van der Waals surface area contributed by atoms with Crippen LogP contribution in [0.5, 0.6) is 0 Å². The second-order valence-corrected chi connectivity index (χ2v) is 5.55. The van der Waals surface area contributed by atoms with Crippen molar-refractivity contribution in [3.63, 3.8) is 0 Å². The molecule has 1 atom stereocenters. The van der Waals surface area contributed by atoms with Gasteiger partial charge in [0.1, 0.15) is 0 Å². The first-order chi connectivity index (χ1) is 8.61. The standard InChI is InChI=1S/C13H12ClF2NS/c1-2-17-13(11-5-6-12(14)18-11)8-3-4-9(15)10(16)7-8/h3-7,13,17H,2H2,1H3. The summed E-state index contributed by atoms with van der Waals surface area (Å²) < 4.78 is 26.9. The van der Waals surface area contributed by atoms with Gasteiger partial charge in [0.25, 0.3) is 0 Å². The van der Waals surface area contributed by atoms with Gasteiger partial charge in [-0.1, -0.05) is 24.6 Å². The summed E-state index contributed by atoms with van der Waals surface area (Å²) in [5, 5.41) is 3.24. The van der Waals surface area contributed by atoms with Crippen molar-refractivity contribution in [1.29, 1.82) is 0 Å². The van der Waals surface area contributed by atoms with Gasteiger partial charge < -0.3 is 5.32 Å². The molecule has 0 fully saturated rings. The lowest BCUT2D eigenvalue weighted by Crippen LogP contribution is -2.21. The van der Waals surface area contributed by atoms with E-state index in [1.165, 1.54) is 17.4 Å². The van der Waals surface area contributed by atoms with Crippen LogP contribution in [0.2, 0.25) is 4.34 Å². The molecule has 5 heteroatoms. The zero-order chi connectivity index (χ0) is 13.1. The number of nitrogens with one attached hydrogen (secondary N) is 1. The molecule has 0 radical (unpaired) electrons. The highest BCUT2D eigenvalue weighted by Crippen LogP contribution is 2.31. The fourth-order valence-corrected chi connectivity index (χ4v) is 2.93. The number of thiophene rings is 1. The maximum absolute atomic E-state index is 13.3. The molecule has 0 saturated carbocycles. The lowest BCUT2D eigenvalue weighted by atomic mass is 10.1. The van der Waals surface area contributed by atoms with Crippen LogP contribution in [0.3, 0.4) is 0 Å². The van der Waals surface area contributed by atoms with Gasteiger partial charge in [-0.15, -0.1) is 11.3 Å². The van der Waals surface area contributed by atoms with Crippen molar-refractivity contribution in [3.8, 4) is 0 Å². The first-order valence-corrected chi connectivity index (χ1v) is 6.75. The monoisotopic (exact) mass is 287 g/mol. The van der Waals surface area contributed by atoms with E-state index in [1.807, 2.05) is 13.0 Å². The van der Waals surface area contributed by atoms with Crippen LogP contribution in [-0.4, -0.2) is 6.54 Å². The van der Waals surface area contributed by atoms with Crippen LogP contribution in [0.15, 0.2) is 30.3 Å². The van der Waals surface area contributed by atoms with E-state index in [0.717, 1.165) is 17.5 Å². The summed E-state index contributed by atoms with van der Waals surface area (Å²) in [6, 6.07) is 7.47. The normalized spacial score (nSPS) is 12.7. The molecule has 18 heavy (non-hydrogen) atoms. The highest BCUT2D eigenvalue weighted by molar-refractivity contribution is 7.16. The lowest BCUT2D eigenvalue weighted by molar-refractivity contribution is 0.504. The van der Waals surface area contributed by atoms with Gasteiger partial charge in [0.15, 0.2) is 11.6 Å². The molecule has 1 nitrogen and oxygen atoms in total. The van der Waals surface area contributed by atoms with E-state index in [0.29, 0.717) is 9.90 Å². The van der Waals surface area contributed by atoms with Crippen molar-refractivity contribution in [2.75, 3.05) is 6.54 Å². The predicted octanol–water partition coefficient (Wildman–Crippen LogP) is 4.38. The summed E-state index contributed by atoms with van der Waals surface area (Å²) in [5.41, 5.74) is 0.689. The average molecular weight is 288 g/mol. The van der Waals surface area contributed by atoms with Crippen molar-refractivity contribution in [2.24, 2.45) is 0 Å². The van der Waals surface area contributed by atoms with E-state index < -0.39 is 11.6 Å². The fraction of sp³-hybridized carbons (Fsp3) is 0.231. The smallest absolute Gasteiger partial charge is 0.159 e. The molecule has 0 aliphatic carbocycles. The number of benzene rings is 1. The molecule has 0 saturated heterocycles. The number of rotatable bonds is 4. The van der Waals surface area contributed by atoms with Gasteiger partial charge in [0.2, 0.25) is 0 Å². The van der Waals surface area contributed by atoms with Gasteiger partial charge in [0, 0.05) is 4.88 Å². The molecule has 1 aromatic heterocycles. The lowest BCUT2D eigenvalue weighted by Gasteiger charge is -2.17. The molecule has 1 unspecified atom stereocenters. The maximum atomic E-state index is 13.3. The molecular weight excluding hydrogens is 276 g/mol. The number of hydrogen-bond donors (Lipinski definition) is 1. The first kappa shape index (κ1) is 13.5. The van der Waals surface area contributed by atoms with Crippen molar-refractivity contribution in [2.45, 2.75) is 13.0 Å². The van der Waals surface area contributed by atoms with Crippen molar-refractivity contribution < 1.29 is 8.78 Å². The van der Waals surface area contributed by atoms with Gasteiger partial charge in [-0.3, -0.25) is 0 Å². The Morgan fingerprint density at radius 3 is 2.56 bits per heavy atom. The predicted molar refractivity (Wildman–Crippen MR) is 71.2 cm³/mol. The summed E-state index contributed by atoms with van der Waals surface area (Å²) >= 11 is 7.33. The zero-order valence-electron chi connectivity index (χ0n) is 9.71. The SMILES string of the molecule is CCNC(c1ccc(F)c(F)c1)c1ccc(Cl)s1. The molecule has 0 aliphatic heterocycles. The van der Waals surface area contributed by atoms with Crippen LogP contribution < -0.4 is 5.32 Å². The van der Waals surface area contributed by atoms with E-state index in [9.17, 15) is 8.78 Å². The third-order valence-electron chi connectivity index (χ3n) is 2.56. The highest BCUT2D eigenvalue weighted by atomic mass is 35.5. The molecule has 1 N–H and O–H groups in total. The third kappa shape index (κ3) is 2.88. The minimum absolute atomic E-state index is 0.164. The first-order valence-electron chi connectivity index (χ1n) is 5.55. The third-order valence-corrected chi connectivity index (χ3v) is 3.86. The average Bonchev–Trinajstić information content (AvgIpc) is 2.76. The van der Waals surface area contributed by atoms with E-state index >= 15 is 0 Å². The molecule has 2 aromatic rings. The van der Waals surface area contributed by atoms with E-state index in [1.54, 1.807) is 12.1 Å². The number of hydrogen-bond acceptors (Lipinski definition) is 2. The Morgan fingerprint density at radius 1 is 1.22 bits per heavy atom. The molecule has 0 amide bonds. The van der Waals surface area contributed by atoms with Crippen LogP contribution in [-0.2, 0) is 0 Å². The van der Waals surface area contributed by atoms with Gasteiger partial charge in [0.05, 0.1) is 10.4 Å². The van der Waals surface area contributed by atoms with Crippen molar-refractivity contribution in [1.82, 2.24) is 5.32 Å². The Bertz CT molecular complexity index is 542. The maximum Gasteiger partial charge on any atom is 0.159 e. The summed E-state index contributed by atoms with van der Waals surface area (Å²) in [4.78, 5) is 0.979. The summed E-state index contributed by atoms with van der Waals surface area (Å²) in [7, 11) is 0. The van der Waals surface area contributed by atoms with E-state index in [-0.39, 0.29) is 6.04 Å². The van der Waals surface area contributed by atoms with Gasteiger partial charge in [-0.25, -0.2) is 8.78 Å². The molecule has 1 aromatic carbocycles. The Morgan fingerprint density at radius 2 is 2.00 bits per heavy atom. The van der Waals surface area contributed by atoms with Crippen molar-refractivity contribution in [3.05, 3.63) is 56.7 Å². The fourth-order valence-electron chi connectivity index (χ4n) is 1.76. The minimum Gasteiger partial charge on any atom is -0.306 e. The van der Waals surface area contributed by atoms with Crippen LogP contribution in [0.25, 0.3) is 0 Å². The van der Waals surface area contributed by atoms with Gasteiger partial charge in [-0.05, 0) is 36.4 Å². The summed E-state index contributed by atoms with van der Waals surface area (Å²) in [6.45, 7) is 2.68. The quantitative estimate of drug-likeness (QED) is 0.880. The van der Waals surface area contributed by atoms with Crippen LogP contribution in [0.1, 0.15) is 23.4 Å². The van der Waals surface area contributed by atoms with Gasteiger partial charge >= 0.3 is 0 Å². The summed E-state index contributed by atoms with van der Waals surface area (Å²) in [5.74, 6) is -1.67. The Kier molecular flexibility index (Phi) is 4.32. The number of halogens is 3. The summed E-state index contributed by atoms with van der Waals surface area (Å²) in [6.07, 6.45) is 0. The Hall–Kier alpha value is -0.970. The second-order valence-electron chi connectivity index (χ2n) is 3.81. The van der Waals surface area contributed by atoms with Crippen LogP contribution in [0, 0.1) is 11.6 Å².